The number of ether oxygens (including phenoxy) is 1. The summed E-state index contributed by atoms with van der Waals surface area (Å²) in [7, 11) is 0. The molecule has 4 N–H and O–H groups in total. The molecule has 0 unspecified atom stereocenters. The molecular formula is C14H29N3O3. The highest BCUT2D eigenvalue weighted by Crippen LogP contribution is 2.08. The molecule has 6 nitrogen and oxygen atoms in total. The highest BCUT2D eigenvalue weighted by atomic mass is 16.5. The SMILES string of the molecule is CC(C)C[C@H](N)[C@H](O)CC(=O)NCCN1CCOCC1. The second-order valence-electron chi connectivity index (χ2n) is 5.87. The molecule has 0 aromatic rings. The number of hydrogen-bond donors (Lipinski definition) is 3. The normalized spacial score (nSPS) is 19.9. The van der Waals surface area contributed by atoms with Crippen LogP contribution in [0.5, 0.6) is 0 Å². The van der Waals surface area contributed by atoms with Gasteiger partial charge in [-0.15, -0.1) is 0 Å². The lowest BCUT2D eigenvalue weighted by Gasteiger charge is -2.26. The summed E-state index contributed by atoms with van der Waals surface area (Å²) in [6.45, 7) is 8.88. The number of nitrogens with zero attached hydrogens (tertiary/aromatic N) is 1. The van der Waals surface area contributed by atoms with Crippen molar-refractivity contribution in [2.45, 2.75) is 38.8 Å². The maximum Gasteiger partial charge on any atom is 0.222 e. The summed E-state index contributed by atoms with van der Waals surface area (Å²) < 4.78 is 5.26. The van der Waals surface area contributed by atoms with Gasteiger partial charge in [0.25, 0.3) is 0 Å². The van der Waals surface area contributed by atoms with Crippen molar-refractivity contribution < 1.29 is 14.6 Å². The van der Waals surface area contributed by atoms with Crippen molar-refractivity contribution in [3.05, 3.63) is 0 Å². The third-order valence-electron chi connectivity index (χ3n) is 3.49. The molecule has 20 heavy (non-hydrogen) atoms. The average molecular weight is 287 g/mol. The molecule has 1 aliphatic rings. The van der Waals surface area contributed by atoms with Gasteiger partial charge in [-0.05, 0) is 12.3 Å². The Morgan fingerprint density at radius 3 is 2.65 bits per heavy atom. The van der Waals surface area contributed by atoms with Crippen molar-refractivity contribution >= 4 is 5.91 Å². The van der Waals surface area contributed by atoms with E-state index < -0.39 is 6.10 Å². The zero-order valence-corrected chi connectivity index (χ0v) is 12.7. The molecule has 1 aliphatic heterocycles. The van der Waals surface area contributed by atoms with Crippen LogP contribution in [-0.2, 0) is 9.53 Å². The fourth-order valence-electron chi connectivity index (χ4n) is 2.29. The number of rotatable bonds is 8. The summed E-state index contributed by atoms with van der Waals surface area (Å²) in [6, 6.07) is -0.333. The molecule has 0 saturated carbocycles. The Balaban J connectivity index is 2.12. The first-order valence-corrected chi connectivity index (χ1v) is 7.49. The first-order chi connectivity index (χ1) is 9.49. The quantitative estimate of drug-likeness (QED) is 0.563. The molecule has 0 aliphatic carbocycles. The summed E-state index contributed by atoms with van der Waals surface area (Å²) in [6.07, 6.45) is 0.0416. The number of nitrogens with two attached hydrogens (primary N) is 1. The van der Waals surface area contributed by atoms with E-state index in [4.69, 9.17) is 10.5 Å². The Bertz CT molecular complexity index is 281. The van der Waals surface area contributed by atoms with Gasteiger partial charge in [-0.1, -0.05) is 13.8 Å². The van der Waals surface area contributed by atoms with Gasteiger partial charge in [0.15, 0.2) is 0 Å². The molecule has 6 heteroatoms. The summed E-state index contributed by atoms with van der Waals surface area (Å²) in [5, 5.41) is 12.7. The highest BCUT2D eigenvalue weighted by Gasteiger charge is 2.19. The predicted molar refractivity (Wildman–Crippen MR) is 78.3 cm³/mol. The number of aliphatic hydroxyl groups excluding tert-OH is 1. The Kier molecular flexibility index (Phi) is 8.06. The molecule has 2 atom stereocenters. The maximum absolute atomic E-state index is 11.7. The Morgan fingerprint density at radius 2 is 2.05 bits per heavy atom. The van der Waals surface area contributed by atoms with Gasteiger partial charge in [-0.25, -0.2) is 0 Å². The summed E-state index contributed by atoms with van der Waals surface area (Å²) in [5.41, 5.74) is 5.86. The van der Waals surface area contributed by atoms with Crippen LogP contribution in [-0.4, -0.2) is 67.5 Å². The Labute approximate surface area is 121 Å². The molecular weight excluding hydrogens is 258 g/mol. The molecule has 1 heterocycles. The van der Waals surface area contributed by atoms with Gasteiger partial charge in [0, 0.05) is 32.2 Å². The lowest BCUT2D eigenvalue weighted by atomic mass is 9.98. The van der Waals surface area contributed by atoms with Gasteiger partial charge in [-0.2, -0.15) is 0 Å². The zero-order valence-electron chi connectivity index (χ0n) is 12.7. The number of hydrogen-bond acceptors (Lipinski definition) is 5. The molecule has 0 aromatic carbocycles. The second kappa shape index (κ2) is 9.28. The Morgan fingerprint density at radius 1 is 1.40 bits per heavy atom. The van der Waals surface area contributed by atoms with Crippen molar-refractivity contribution in [3.63, 3.8) is 0 Å². The fourth-order valence-corrected chi connectivity index (χ4v) is 2.29. The van der Waals surface area contributed by atoms with Gasteiger partial charge >= 0.3 is 0 Å². The topological polar surface area (TPSA) is 87.8 Å². The van der Waals surface area contributed by atoms with Gasteiger partial charge < -0.3 is 20.9 Å². The molecule has 0 radical (unpaired) electrons. The Hall–Kier alpha value is -0.690. The van der Waals surface area contributed by atoms with Crippen LogP contribution in [0.1, 0.15) is 26.7 Å². The summed E-state index contributed by atoms with van der Waals surface area (Å²) in [5.74, 6) is 0.286. The smallest absolute Gasteiger partial charge is 0.222 e. The van der Waals surface area contributed by atoms with Crippen LogP contribution < -0.4 is 11.1 Å². The van der Waals surface area contributed by atoms with E-state index in [1.54, 1.807) is 0 Å². The maximum atomic E-state index is 11.7. The van der Waals surface area contributed by atoms with Gasteiger partial charge in [0.2, 0.25) is 5.91 Å². The van der Waals surface area contributed by atoms with Crippen molar-refractivity contribution in [2.75, 3.05) is 39.4 Å². The molecule has 0 aromatic heterocycles. The summed E-state index contributed by atoms with van der Waals surface area (Å²) in [4.78, 5) is 14.0. The minimum absolute atomic E-state index is 0.0804. The van der Waals surface area contributed by atoms with E-state index in [1.807, 2.05) is 0 Å². The molecule has 1 saturated heterocycles. The summed E-state index contributed by atoms with van der Waals surface area (Å²) >= 11 is 0. The van der Waals surface area contributed by atoms with E-state index in [1.165, 1.54) is 0 Å². The van der Waals surface area contributed by atoms with Crippen LogP contribution in [0, 0.1) is 5.92 Å². The number of amides is 1. The largest absolute Gasteiger partial charge is 0.391 e. The lowest BCUT2D eigenvalue weighted by Crippen LogP contribution is -2.43. The van der Waals surface area contributed by atoms with E-state index in [-0.39, 0.29) is 18.4 Å². The standard InChI is InChI=1S/C14H29N3O3/c1-11(2)9-12(15)13(18)10-14(19)16-3-4-17-5-7-20-8-6-17/h11-13,18H,3-10,15H2,1-2H3,(H,16,19)/t12-,13+/m0/s1. The zero-order chi connectivity index (χ0) is 15.0. The van der Waals surface area contributed by atoms with Crippen molar-refractivity contribution in [1.82, 2.24) is 10.2 Å². The van der Waals surface area contributed by atoms with Gasteiger partial charge in [0.1, 0.15) is 0 Å². The third kappa shape index (κ3) is 7.19. The number of carbonyl (C=O) groups is 1. The number of carbonyl (C=O) groups excluding carboxylic acids is 1. The average Bonchev–Trinajstić information content (AvgIpc) is 2.39. The predicted octanol–water partition coefficient (Wildman–Crippen LogP) is -0.441. The molecule has 1 fully saturated rings. The molecule has 1 amide bonds. The fraction of sp³-hybridized carbons (Fsp3) is 0.929. The van der Waals surface area contributed by atoms with Crippen molar-refractivity contribution in [3.8, 4) is 0 Å². The molecule has 0 bridgehead atoms. The van der Waals surface area contributed by atoms with Crippen molar-refractivity contribution in [1.29, 1.82) is 0 Å². The van der Waals surface area contributed by atoms with Crippen molar-refractivity contribution in [2.24, 2.45) is 11.7 Å². The van der Waals surface area contributed by atoms with E-state index in [0.29, 0.717) is 12.5 Å². The van der Waals surface area contributed by atoms with Crippen LogP contribution in [0.25, 0.3) is 0 Å². The lowest BCUT2D eigenvalue weighted by molar-refractivity contribution is -0.123. The van der Waals surface area contributed by atoms with E-state index >= 15 is 0 Å². The van der Waals surface area contributed by atoms with Crippen LogP contribution in [0.3, 0.4) is 0 Å². The van der Waals surface area contributed by atoms with Crippen LogP contribution in [0.15, 0.2) is 0 Å². The van der Waals surface area contributed by atoms with E-state index in [2.05, 4.69) is 24.1 Å². The first kappa shape index (κ1) is 17.4. The highest BCUT2D eigenvalue weighted by molar-refractivity contribution is 5.76. The molecule has 118 valence electrons. The van der Waals surface area contributed by atoms with E-state index in [0.717, 1.165) is 39.3 Å². The minimum atomic E-state index is -0.763. The van der Waals surface area contributed by atoms with Gasteiger partial charge in [0.05, 0.1) is 25.7 Å². The molecule has 1 rings (SSSR count). The number of nitrogens with one attached hydrogen (secondary N) is 1. The number of aliphatic hydroxyl groups is 1. The van der Waals surface area contributed by atoms with Crippen LogP contribution in [0.4, 0.5) is 0 Å². The van der Waals surface area contributed by atoms with Crippen LogP contribution >= 0.6 is 0 Å². The number of morpholine rings is 1. The van der Waals surface area contributed by atoms with Gasteiger partial charge in [-0.3, -0.25) is 9.69 Å². The van der Waals surface area contributed by atoms with E-state index in [9.17, 15) is 9.90 Å². The van der Waals surface area contributed by atoms with Crippen LogP contribution in [0.2, 0.25) is 0 Å². The third-order valence-corrected chi connectivity index (χ3v) is 3.49. The minimum Gasteiger partial charge on any atom is -0.391 e. The monoisotopic (exact) mass is 287 g/mol. The first-order valence-electron chi connectivity index (χ1n) is 7.49. The second-order valence-corrected chi connectivity index (χ2v) is 5.87. The molecule has 0 spiro atoms.